The Bertz CT molecular complexity index is 893. The lowest BCUT2D eigenvalue weighted by Crippen LogP contribution is -1.97. The standard InChI is InChI=1S/C23H21NO/c1-17-8-9-18(2)22(16-17)24-15-14-23(25)21-12-10-20(11-13-21)19-6-4-3-5-7-19/h3-16,24H,1-2H3/b15-14+. The van der Waals surface area contributed by atoms with Gasteiger partial charge < -0.3 is 5.32 Å². The van der Waals surface area contributed by atoms with Crippen LogP contribution in [0.3, 0.4) is 0 Å². The van der Waals surface area contributed by atoms with Crippen LogP contribution in [0, 0.1) is 13.8 Å². The van der Waals surface area contributed by atoms with E-state index in [1.165, 1.54) is 5.56 Å². The van der Waals surface area contributed by atoms with Crippen molar-refractivity contribution in [3.8, 4) is 11.1 Å². The summed E-state index contributed by atoms with van der Waals surface area (Å²) in [6.45, 7) is 4.09. The summed E-state index contributed by atoms with van der Waals surface area (Å²) in [6.07, 6.45) is 3.27. The molecule has 124 valence electrons. The predicted molar refractivity (Wildman–Crippen MR) is 105 cm³/mol. The van der Waals surface area contributed by atoms with E-state index >= 15 is 0 Å². The van der Waals surface area contributed by atoms with Crippen molar-refractivity contribution in [2.24, 2.45) is 0 Å². The van der Waals surface area contributed by atoms with Crippen molar-refractivity contribution in [3.63, 3.8) is 0 Å². The SMILES string of the molecule is Cc1ccc(C)c(N/C=C/C(=O)c2ccc(-c3ccccc3)cc2)c1. The molecule has 0 radical (unpaired) electrons. The largest absolute Gasteiger partial charge is 0.361 e. The van der Waals surface area contributed by atoms with Gasteiger partial charge in [-0.3, -0.25) is 4.79 Å². The van der Waals surface area contributed by atoms with E-state index in [0.29, 0.717) is 5.56 Å². The lowest BCUT2D eigenvalue weighted by atomic mass is 10.0. The van der Waals surface area contributed by atoms with E-state index in [0.717, 1.165) is 22.4 Å². The second-order valence-electron chi connectivity index (χ2n) is 6.10. The summed E-state index contributed by atoms with van der Waals surface area (Å²) >= 11 is 0. The van der Waals surface area contributed by atoms with Gasteiger partial charge in [-0.1, -0.05) is 66.7 Å². The van der Waals surface area contributed by atoms with Crippen LogP contribution in [0.25, 0.3) is 11.1 Å². The molecule has 0 unspecified atom stereocenters. The second-order valence-corrected chi connectivity index (χ2v) is 6.10. The van der Waals surface area contributed by atoms with Crippen molar-refractivity contribution in [3.05, 3.63) is 102 Å². The van der Waals surface area contributed by atoms with Crippen molar-refractivity contribution in [1.29, 1.82) is 0 Å². The number of benzene rings is 3. The van der Waals surface area contributed by atoms with Crippen LogP contribution >= 0.6 is 0 Å². The Balaban J connectivity index is 1.68. The normalized spacial score (nSPS) is 10.8. The van der Waals surface area contributed by atoms with Crippen molar-refractivity contribution in [1.82, 2.24) is 0 Å². The third kappa shape index (κ3) is 4.24. The zero-order valence-electron chi connectivity index (χ0n) is 14.5. The van der Waals surface area contributed by atoms with E-state index in [1.54, 1.807) is 12.3 Å². The summed E-state index contributed by atoms with van der Waals surface area (Å²) in [6, 6.07) is 24.0. The summed E-state index contributed by atoms with van der Waals surface area (Å²) < 4.78 is 0. The van der Waals surface area contributed by atoms with Gasteiger partial charge in [0.15, 0.2) is 5.78 Å². The first-order valence-corrected chi connectivity index (χ1v) is 8.33. The van der Waals surface area contributed by atoms with E-state index in [9.17, 15) is 4.79 Å². The number of ketones is 1. The summed E-state index contributed by atoms with van der Waals surface area (Å²) in [5.74, 6) is -0.0163. The average Bonchev–Trinajstić information content (AvgIpc) is 2.65. The zero-order valence-corrected chi connectivity index (χ0v) is 14.5. The number of hydrogen-bond donors (Lipinski definition) is 1. The van der Waals surface area contributed by atoms with E-state index in [1.807, 2.05) is 56.3 Å². The smallest absolute Gasteiger partial charge is 0.187 e. The first-order chi connectivity index (χ1) is 12.1. The molecule has 0 atom stereocenters. The monoisotopic (exact) mass is 327 g/mol. The first-order valence-electron chi connectivity index (χ1n) is 8.33. The van der Waals surface area contributed by atoms with Crippen molar-refractivity contribution in [2.75, 3.05) is 5.32 Å². The Morgan fingerprint density at radius 1 is 0.840 bits per heavy atom. The van der Waals surface area contributed by atoms with Gasteiger partial charge in [-0.15, -0.1) is 0 Å². The fraction of sp³-hybridized carbons (Fsp3) is 0.0870. The quantitative estimate of drug-likeness (QED) is 0.475. The molecule has 2 heteroatoms. The molecule has 0 spiro atoms. The maximum Gasteiger partial charge on any atom is 0.187 e. The number of carbonyl (C=O) groups is 1. The molecule has 0 saturated heterocycles. The Labute approximate surface area is 148 Å². The van der Waals surface area contributed by atoms with Gasteiger partial charge in [0.05, 0.1) is 0 Å². The fourth-order valence-corrected chi connectivity index (χ4v) is 2.65. The van der Waals surface area contributed by atoms with Crippen LogP contribution in [0.5, 0.6) is 0 Å². The number of anilines is 1. The minimum absolute atomic E-state index is 0.0163. The molecule has 0 aliphatic heterocycles. The van der Waals surface area contributed by atoms with Gasteiger partial charge in [-0.2, -0.15) is 0 Å². The fourth-order valence-electron chi connectivity index (χ4n) is 2.65. The van der Waals surface area contributed by atoms with Crippen LogP contribution in [0.4, 0.5) is 5.69 Å². The molecule has 0 fully saturated rings. The van der Waals surface area contributed by atoms with Crippen LogP contribution in [0.1, 0.15) is 21.5 Å². The van der Waals surface area contributed by atoms with Gasteiger partial charge in [0, 0.05) is 23.5 Å². The lowest BCUT2D eigenvalue weighted by Gasteiger charge is -2.06. The van der Waals surface area contributed by atoms with Gasteiger partial charge in [0.25, 0.3) is 0 Å². The molecule has 0 bridgehead atoms. The first kappa shape index (κ1) is 16.7. The van der Waals surface area contributed by atoms with E-state index in [2.05, 4.69) is 35.6 Å². The number of carbonyl (C=O) groups excluding carboxylic acids is 1. The Hall–Kier alpha value is -3.13. The van der Waals surface area contributed by atoms with Gasteiger partial charge in [-0.25, -0.2) is 0 Å². The van der Waals surface area contributed by atoms with Crippen molar-refractivity contribution < 1.29 is 4.79 Å². The molecule has 3 rings (SSSR count). The average molecular weight is 327 g/mol. The second kappa shape index (κ2) is 7.63. The number of nitrogens with one attached hydrogen (secondary N) is 1. The van der Waals surface area contributed by atoms with Crippen LogP contribution in [-0.4, -0.2) is 5.78 Å². The topological polar surface area (TPSA) is 29.1 Å². The minimum atomic E-state index is -0.0163. The summed E-state index contributed by atoms with van der Waals surface area (Å²) in [5.41, 5.74) is 6.28. The Morgan fingerprint density at radius 3 is 2.24 bits per heavy atom. The van der Waals surface area contributed by atoms with E-state index in [-0.39, 0.29) is 5.78 Å². The number of rotatable bonds is 5. The highest BCUT2D eigenvalue weighted by atomic mass is 16.1. The van der Waals surface area contributed by atoms with E-state index in [4.69, 9.17) is 0 Å². The maximum absolute atomic E-state index is 12.3. The third-order valence-corrected chi connectivity index (χ3v) is 4.14. The molecule has 3 aromatic carbocycles. The summed E-state index contributed by atoms with van der Waals surface area (Å²) in [5, 5.41) is 3.19. The molecular formula is C23H21NO. The Kier molecular flexibility index (Phi) is 5.10. The highest BCUT2D eigenvalue weighted by Gasteiger charge is 2.03. The highest BCUT2D eigenvalue weighted by Crippen LogP contribution is 2.20. The molecule has 25 heavy (non-hydrogen) atoms. The zero-order chi connectivity index (χ0) is 17.6. The van der Waals surface area contributed by atoms with E-state index < -0.39 is 0 Å². The van der Waals surface area contributed by atoms with Gasteiger partial charge in [-0.05, 0) is 42.2 Å². The summed E-state index contributed by atoms with van der Waals surface area (Å²) in [4.78, 5) is 12.3. The van der Waals surface area contributed by atoms with Crippen LogP contribution in [0.2, 0.25) is 0 Å². The molecule has 1 N–H and O–H groups in total. The lowest BCUT2D eigenvalue weighted by molar-refractivity contribution is 0.104. The molecule has 0 heterocycles. The van der Waals surface area contributed by atoms with Crippen molar-refractivity contribution in [2.45, 2.75) is 13.8 Å². The number of aryl methyl sites for hydroxylation is 2. The Morgan fingerprint density at radius 2 is 1.52 bits per heavy atom. The van der Waals surface area contributed by atoms with Crippen LogP contribution < -0.4 is 5.32 Å². The maximum atomic E-state index is 12.3. The molecule has 0 amide bonds. The molecule has 0 aromatic heterocycles. The molecule has 0 aliphatic rings. The molecule has 0 aliphatic carbocycles. The molecule has 2 nitrogen and oxygen atoms in total. The predicted octanol–water partition coefficient (Wildman–Crippen LogP) is 5.78. The number of hydrogen-bond acceptors (Lipinski definition) is 2. The van der Waals surface area contributed by atoms with Gasteiger partial charge >= 0.3 is 0 Å². The van der Waals surface area contributed by atoms with Crippen molar-refractivity contribution >= 4 is 11.5 Å². The third-order valence-electron chi connectivity index (χ3n) is 4.14. The minimum Gasteiger partial charge on any atom is -0.361 e. The van der Waals surface area contributed by atoms with Crippen LogP contribution in [0.15, 0.2) is 85.1 Å². The van der Waals surface area contributed by atoms with Gasteiger partial charge in [0.2, 0.25) is 0 Å². The number of allylic oxidation sites excluding steroid dienone is 1. The van der Waals surface area contributed by atoms with Crippen LogP contribution in [-0.2, 0) is 0 Å². The summed E-state index contributed by atoms with van der Waals surface area (Å²) in [7, 11) is 0. The van der Waals surface area contributed by atoms with Gasteiger partial charge in [0.1, 0.15) is 0 Å². The molecule has 3 aromatic rings. The molecule has 0 saturated carbocycles. The highest BCUT2D eigenvalue weighted by molar-refractivity contribution is 6.04. The molecular weight excluding hydrogens is 306 g/mol.